The van der Waals surface area contributed by atoms with E-state index in [2.05, 4.69) is 4.98 Å². The number of nitrogens with two attached hydrogens (primary N) is 1. The maximum atomic E-state index is 5.90. The lowest BCUT2D eigenvalue weighted by Gasteiger charge is -2.13. The number of ether oxygens (including phenoxy) is 1. The van der Waals surface area contributed by atoms with Crippen molar-refractivity contribution in [3.05, 3.63) is 48.0 Å². The minimum atomic E-state index is -0.0299. The second kappa shape index (κ2) is 5.01. The molecule has 0 bridgehead atoms. The van der Waals surface area contributed by atoms with Crippen LogP contribution in [0.4, 0.5) is 0 Å². The van der Waals surface area contributed by atoms with Gasteiger partial charge in [0.2, 0.25) is 0 Å². The topological polar surface area (TPSA) is 53.1 Å². The molecule has 0 saturated carbocycles. The Bertz CT molecular complexity index is 491. The van der Waals surface area contributed by atoms with Crippen LogP contribution in [0.25, 0.3) is 0 Å². The zero-order chi connectivity index (χ0) is 12.3. The number of benzene rings is 1. The van der Waals surface area contributed by atoms with E-state index in [-0.39, 0.29) is 6.04 Å². The molecule has 2 rings (SSSR count). The third-order valence-corrected chi connectivity index (χ3v) is 2.70. The highest BCUT2D eigenvalue weighted by Crippen LogP contribution is 2.23. The predicted molar refractivity (Wildman–Crippen MR) is 66.6 cm³/mol. The molecule has 4 nitrogen and oxygen atoms in total. The molecule has 0 amide bonds. The van der Waals surface area contributed by atoms with E-state index >= 15 is 0 Å². The lowest BCUT2D eigenvalue weighted by molar-refractivity contribution is 0.292. The Morgan fingerprint density at radius 2 is 2.18 bits per heavy atom. The van der Waals surface area contributed by atoms with Gasteiger partial charge < -0.3 is 15.0 Å². The van der Waals surface area contributed by atoms with Gasteiger partial charge in [0.15, 0.2) is 0 Å². The molecule has 1 heterocycles. The van der Waals surface area contributed by atoms with Gasteiger partial charge in [-0.2, -0.15) is 0 Å². The van der Waals surface area contributed by atoms with Crippen LogP contribution < -0.4 is 10.5 Å². The van der Waals surface area contributed by atoms with E-state index < -0.39 is 0 Å². The monoisotopic (exact) mass is 231 g/mol. The first-order valence-corrected chi connectivity index (χ1v) is 5.61. The third-order valence-electron chi connectivity index (χ3n) is 2.70. The molecule has 1 atom stereocenters. The maximum Gasteiger partial charge on any atom is 0.130 e. The normalized spacial score (nSPS) is 12.4. The zero-order valence-electron chi connectivity index (χ0n) is 10.1. The molecule has 2 N–H and O–H groups in total. The molecule has 0 aliphatic carbocycles. The molecule has 0 aliphatic heterocycles. The molecule has 0 saturated heterocycles. The minimum absolute atomic E-state index is 0.0299. The SMILES string of the molecule is C[C@@H](N)c1ccccc1OCc1cncn1C. The molecule has 0 unspecified atom stereocenters. The average Bonchev–Trinajstić information content (AvgIpc) is 2.72. The molecular formula is C13H17N3O. The minimum Gasteiger partial charge on any atom is -0.487 e. The molecule has 1 aromatic carbocycles. The first-order valence-electron chi connectivity index (χ1n) is 5.61. The molecular weight excluding hydrogens is 214 g/mol. The number of hydrogen-bond donors (Lipinski definition) is 1. The van der Waals surface area contributed by atoms with Crippen LogP contribution in [-0.2, 0) is 13.7 Å². The summed E-state index contributed by atoms with van der Waals surface area (Å²) in [6.07, 6.45) is 3.56. The number of aromatic nitrogens is 2. The summed E-state index contributed by atoms with van der Waals surface area (Å²) >= 11 is 0. The van der Waals surface area contributed by atoms with Crippen molar-refractivity contribution in [2.24, 2.45) is 12.8 Å². The van der Waals surface area contributed by atoms with Gasteiger partial charge in [-0.3, -0.25) is 0 Å². The third kappa shape index (κ3) is 2.65. The summed E-state index contributed by atoms with van der Waals surface area (Å²) in [4.78, 5) is 4.05. The summed E-state index contributed by atoms with van der Waals surface area (Å²) in [5, 5.41) is 0. The van der Waals surface area contributed by atoms with E-state index in [1.165, 1.54) is 0 Å². The molecule has 0 fully saturated rings. The summed E-state index contributed by atoms with van der Waals surface area (Å²) in [6.45, 7) is 2.45. The van der Waals surface area contributed by atoms with Crippen LogP contribution >= 0.6 is 0 Å². The average molecular weight is 231 g/mol. The van der Waals surface area contributed by atoms with Crippen LogP contribution in [0, 0.1) is 0 Å². The summed E-state index contributed by atoms with van der Waals surface area (Å²) in [6, 6.07) is 7.82. The molecule has 90 valence electrons. The summed E-state index contributed by atoms with van der Waals surface area (Å²) in [5.74, 6) is 0.837. The van der Waals surface area contributed by atoms with E-state index in [4.69, 9.17) is 10.5 Å². The lowest BCUT2D eigenvalue weighted by atomic mass is 10.1. The van der Waals surface area contributed by atoms with Crippen molar-refractivity contribution < 1.29 is 4.74 Å². The van der Waals surface area contributed by atoms with Crippen molar-refractivity contribution >= 4 is 0 Å². The van der Waals surface area contributed by atoms with E-state index in [0.29, 0.717) is 6.61 Å². The van der Waals surface area contributed by atoms with Gasteiger partial charge in [0.05, 0.1) is 18.2 Å². The Kier molecular flexibility index (Phi) is 3.44. The van der Waals surface area contributed by atoms with Crippen LogP contribution in [0.3, 0.4) is 0 Å². The van der Waals surface area contributed by atoms with Crippen molar-refractivity contribution in [1.82, 2.24) is 9.55 Å². The molecule has 4 heteroatoms. The van der Waals surface area contributed by atoms with Crippen molar-refractivity contribution in [3.8, 4) is 5.75 Å². The highest BCUT2D eigenvalue weighted by molar-refractivity contribution is 5.35. The van der Waals surface area contributed by atoms with Gasteiger partial charge in [0, 0.05) is 18.7 Å². The zero-order valence-corrected chi connectivity index (χ0v) is 10.1. The largest absolute Gasteiger partial charge is 0.487 e. The fourth-order valence-corrected chi connectivity index (χ4v) is 1.66. The Morgan fingerprint density at radius 3 is 2.82 bits per heavy atom. The highest BCUT2D eigenvalue weighted by atomic mass is 16.5. The summed E-state index contributed by atoms with van der Waals surface area (Å²) in [5.41, 5.74) is 7.95. The van der Waals surface area contributed by atoms with Crippen LogP contribution in [0.1, 0.15) is 24.2 Å². The fraction of sp³-hybridized carbons (Fsp3) is 0.308. The number of imidazole rings is 1. The number of para-hydroxylation sites is 1. The van der Waals surface area contributed by atoms with Crippen LogP contribution in [0.15, 0.2) is 36.8 Å². The second-order valence-corrected chi connectivity index (χ2v) is 4.11. The van der Waals surface area contributed by atoms with Crippen LogP contribution in [0.5, 0.6) is 5.75 Å². The number of aryl methyl sites for hydroxylation is 1. The molecule has 1 aromatic heterocycles. The summed E-state index contributed by atoms with van der Waals surface area (Å²) in [7, 11) is 1.95. The van der Waals surface area contributed by atoms with E-state index in [0.717, 1.165) is 17.0 Å². The molecule has 2 aromatic rings. The van der Waals surface area contributed by atoms with Gasteiger partial charge >= 0.3 is 0 Å². The van der Waals surface area contributed by atoms with Gasteiger partial charge in [-0.1, -0.05) is 18.2 Å². The Balaban J connectivity index is 2.11. The maximum absolute atomic E-state index is 5.90. The number of hydrogen-bond acceptors (Lipinski definition) is 3. The summed E-state index contributed by atoms with van der Waals surface area (Å²) < 4.78 is 7.72. The van der Waals surface area contributed by atoms with Crippen molar-refractivity contribution in [1.29, 1.82) is 0 Å². The quantitative estimate of drug-likeness (QED) is 0.875. The van der Waals surface area contributed by atoms with Crippen molar-refractivity contribution in [2.45, 2.75) is 19.6 Å². The van der Waals surface area contributed by atoms with E-state index in [1.54, 1.807) is 12.5 Å². The number of nitrogens with zero attached hydrogens (tertiary/aromatic N) is 2. The standard InChI is InChI=1S/C13H17N3O/c1-10(14)12-5-3-4-6-13(12)17-8-11-7-15-9-16(11)2/h3-7,9-10H,8,14H2,1-2H3/t10-/m1/s1. The highest BCUT2D eigenvalue weighted by Gasteiger charge is 2.07. The molecule has 0 spiro atoms. The Labute approximate surface area is 101 Å². The van der Waals surface area contributed by atoms with E-state index in [1.807, 2.05) is 42.8 Å². The van der Waals surface area contributed by atoms with Crippen molar-refractivity contribution in [3.63, 3.8) is 0 Å². The first-order chi connectivity index (χ1) is 8.18. The molecule has 17 heavy (non-hydrogen) atoms. The van der Waals surface area contributed by atoms with Gasteiger partial charge in [-0.15, -0.1) is 0 Å². The predicted octanol–water partition coefficient (Wildman–Crippen LogP) is 2.02. The van der Waals surface area contributed by atoms with Gasteiger partial charge in [-0.25, -0.2) is 4.98 Å². The Morgan fingerprint density at radius 1 is 1.41 bits per heavy atom. The molecule has 0 radical (unpaired) electrons. The Hall–Kier alpha value is -1.81. The van der Waals surface area contributed by atoms with Gasteiger partial charge in [0.25, 0.3) is 0 Å². The van der Waals surface area contributed by atoms with Crippen LogP contribution in [0.2, 0.25) is 0 Å². The van der Waals surface area contributed by atoms with E-state index in [9.17, 15) is 0 Å². The number of rotatable bonds is 4. The lowest BCUT2D eigenvalue weighted by Crippen LogP contribution is -2.08. The van der Waals surface area contributed by atoms with Gasteiger partial charge in [-0.05, 0) is 13.0 Å². The smallest absolute Gasteiger partial charge is 0.130 e. The van der Waals surface area contributed by atoms with Crippen LogP contribution in [-0.4, -0.2) is 9.55 Å². The molecule has 0 aliphatic rings. The van der Waals surface area contributed by atoms with Gasteiger partial charge in [0.1, 0.15) is 12.4 Å². The second-order valence-electron chi connectivity index (χ2n) is 4.11. The fourth-order valence-electron chi connectivity index (χ4n) is 1.66. The van der Waals surface area contributed by atoms with Crippen molar-refractivity contribution in [2.75, 3.05) is 0 Å². The first kappa shape index (κ1) is 11.7.